The second-order valence-electron chi connectivity index (χ2n) is 5.42. The summed E-state index contributed by atoms with van der Waals surface area (Å²) in [6, 6.07) is 8.14. The summed E-state index contributed by atoms with van der Waals surface area (Å²) >= 11 is 0. The summed E-state index contributed by atoms with van der Waals surface area (Å²) in [6.45, 7) is 1.46. The standard InChI is InChI=1S/C17H19N3O5/c1-3-9-20-14(18)13(15(22)19(2)17(20)24)12(21)10-25-16(23)11-7-5-4-6-8-11/h4-8H,3,9-10,18H2,1-2H3. The van der Waals surface area contributed by atoms with Gasteiger partial charge in [0.2, 0.25) is 5.78 Å². The van der Waals surface area contributed by atoms with E-state index in [-0.39, 0.29) is 23.5 Å². The Bertz CT molecular complexity index is 912. The average Bonchev–Trinajstić information content (AvgIpc) is 2.62. The number of nitrogen functional groups attached to an aromatic ring is 1. The third-order valence-corrected chi connectivity index (χ3v) is 3.65. The first-order chi connectivity index (χ1) is 11.9. The molecule has 0 saturated carbocycles. The normalized spacial score (nSPS) is 10.5. The maximum Gasteiger partial charge on any atom is 0.338 e. The molecular weight excluding hydrogens is 326 g/mol. The van der Waals surface area contributed by atoms with Crippen LogP contribution in [0.1, 0.15) is 34.1 Å². The summed E-state index contributed by atoms with van der Waals surface area (Å²) in [5.74, 6) is -1.66. The zero-order valence-electron chi connectivity index (χ0n) is 14.0. The fourth-order valence-electron chi connectivity index (χ4n) is 2.35. The van der Waals surface area contributed by atoms with Gasteiger partial charge < -0.3 is 10.5 Å². The predicted molar refractivity (Wildman–Crippen MR) is 91.7 cm³/mol. The first-order valence-corrected chi connectivity index (χ1v) is 7.73. The smallest absolute Gasteiger partial charge is 0.338 e. The van der Waals surface area contributed by atoms with Crippen molar-refractivity contribution in [3.63, 3.8) is 0 Å². The molecule has 8 nitrogen and oxygen atoms in total. The molecule has 0 aliphatic heterocycles. The number of anilines is 1. The van der Waals surface area contributed by atoms with Gasteiger partial charge in [0, 0.05) is 13.6 Å². The second-order valence-corrected chi connectivity index (χ2v) is 5.42. The van der Waals surface area contributed by atoms with E-state index in [0.717, 1.165) is 9.13 Å². The average molecular weight is 345 g/mol. The quantitative estimate of drug-likeness (QED) is 0.605. The predicted octanol–water partition coefficient (Wildman–Crippen LogP) is 0.579. The van der Waals surface area contributed by atoms with Crippen LogP contribution in [0.5, 0.6) is 0 Å². The number of rotatable bonds is 6. The van der Waals surface area contributed by atoms with E-state index in [4.69, 9.17) is 10.5 Å². The third-order valence-electron chi connectivity index (χ3n) is 3.65. The fraction of sp³-hybridized carbons (Fsp3) is 0.294. The number of ketones is 1. The molecule has 132 valence electrons. The maximum atomic E-state index is 12.4. The number of hydrogen-bond acceptors (Lipinski definition) is 6. The van der Waals surface area contributed by atoms with Gasteiger partial charge >= 0.3 is 11.7 Å². The van der Waals surface area contributed by atoms with Crippen molar-refractivity contribution in [2.45, 2.75) is 19.9 Å². The number of benzene rings is 1. The molecule has 0 aliphatic rings. The summed E-state index contributed by atoms with van der Waals surface area (Å²) < 4.78 is 6.92. The molecule has 0 fully saturated rings. The third kappa shape index (κ3) is 3.68. The van der Waals surface area contributed by atoms with Gasteiger partial charge in [-0.15, -0.1) is 0 Å². The van der Waals surface area contributed by atoms with Crippen LogP contribution in [0, 0.1) is 0 Å². The largest absolute Gasteiger partial charge is 0.454 e. The summed E-state index contributed by atoms with van der Waals surface area (Å²) in [7, 11) is 1.27. The minimum Gasteiger partial charge on any atom is -0.454 e. The van der Waals surface area contributed by atoms with E-state index in [0.29, 0.717) is 6.42 Å². The van der Waals surface area contributed by atoms with Crippen molar-refractivity contribution in [2.75, 3.05) is 12.3 Å². The number of Topliss-reactive ketones (excluding diaryl/α,β-unsaturated/α-hetero) is 1. The number of ether oxygens (including phenoxy) is 1. The zero-order valence-corrected chi connectivity index (χ0v) is 14.0. The van der Waals surface area contributed by atoms with Gasteiger partial charge in [0.15, 0.2) is 6.61 Å². The van der Waals surface area contributed by atoms with E-state index in [2.05, 4.69) is 0 Å². The fourth-order valence-corrected chi connectivity index (χ4v) is 2.35. The number of hydrogen-bond donors (Lipinski definition) is 1. The highest BCUT2D eigenvalue weighted by molar-refractivity contribution is 6.02. The Morgan fingerprint density at radius 3 is 2.40 bits per heavy atom. The van der Waals surface area contributed by atoms with Crippen molar-refractivity contribution in [3.8, 4) is 0 Å². The number of aromatic nitrogens is 2. The zero-order chi connectivity index (χ0) is 18.6. The molecule has 2 rings (SSSR count). The first-order valence-electron chi connectivity index (χ1n) is 7.73. The Hall–Kier alpha value is -3.16. The van der Waals surface area contributed by atoms with Gasteiger partial charge in [-0.1, -0.05) is 25.1 Å². The molecule has 8 heteroatoms. The number of nitrogens with zero attached hydrogens (tertiary/aromatic N) is 2. The summed E-state index contributed by atoms with van der Waals surface area (Å²) in [5.41, 5.74) is 4.38. The van der Waals surface area contributed by atoms with Crippen LogP contribution < -0.4 is 17.0 Å². The van der Waals surface area contributed by atoms with Crippen molar-refractivity contribution in [1.82, 2.24) is 9.13 Å². The second kappa shape index (κ2) is 7.61. The molecule has 2 aromatic rings. The lowest BCUT2D eigenvalue weighted by atomic mass is 10.2. The van der Waals surface area contributed by atoms with Gasteiger partial charge in [-0.05, 0) is 18.6 Å². The van der Waals surface area contributed by atoms with Crippen LogP contribution in [0.25, 0.3) is 0 Å². The number of esters is 1. The number of nitrogens with two attached hydrogens (primary N) is 1. The first kappa shape index (κ1) is 18.2. The molecule has 0 aliphatic carbocycles. The lowest BCUT2D eigenvalue weighted by Crippen LogP contribution is -2.43. The SMILES string of the molecule is CCCn1c(N)c(C(=O)COC(=O)c2ccccc2)c(=O)n(C)c1=O. The molecule has 0 saturated heterocycles. The Labute approximate surface area is 143 Å². The molecule has 0 radical (unpaired) electrons. The van der Waals surface area contributed by atoms with Crippen LogP contribution in [-0.2, 0) is 18.3 Å². The van der Waals surface area contributed by atoms with Crippen molar-refractivity contribution in [3.05, 3.63) is 62.3 Å². The lowest BCUT2D eigenvalue weighted by molar-refractivity contribution is 0.0474. The topological polar surface area (TPSA) is 113 Å². The van der Waals surface area contributed by atoms with E-state index in [1.807, 2.05) is 6.92 Å². The number of carbonyl (C=O) groups is 2. The summed E-state index contributed by atoms with van der Waals surface area (Å²) in [5, 5.41) is 0. The molecule has 1 aromatic heterocycles. The van der Waals surface area contributed by atoms with Gasteiger partial charge in [-0.3, -0.25) is 18.7 Å². The van der Waals surface area contributed by atoms with E-state index in [1.165, 1.54) is 7.05 Å². The Morgan fingerprint density at radius 1 is 1.16 bits per heavy atom. The molecule has 0 unspecified atom stereocenters. The Balaban J connectivity index is 2.29. The molecule has 0 bridgehead atoms. The van der Waals surface area contributed by atoms with E-state index < -0.39 is 29.6 Å². The monoisotopic (exact) mass is 345 g/mol. The van der Waals surface area contributed by atoms with Crippen LogP contribution in [0.15, 0.2) is 39.9 Å². The van der Waals surface area contributed by atoms with E-state index in [9.17, 15) is 19.2 Å². The molecular formula is C17H19N3O5. The van der Waals surface area contributed by atoms with Crippen LogP contribution in [-0.4, -0.2) is 27.5 Å². The van der Waals surface area contributed by atoms with Crippen molar-refractivity contribution in [1.29, 1.82) is 0 Å². The molecule has 0 spiro atoms. The van der Waals surface area contributed by atoms with E-state index in [1.54, 1.807) is 30.3 Å². The van der Waals surface area contributed by atoms with Gasteiger partial charge in [0.25, 0.3) is 5.56 Å². The van der Waals surface area contributed by atoms with Crippen LogP contribution in [0.3, 0.4) is 0 Å². The van der Waals surface area contributed by atoms with Gasteiger partial charge in [0.05, 0.1) is 5.56 Å². The van der Waals surface area contributed by atoms with Crippen LogP contribution >= 0.6 is 0 Å². The van der Waals surface area contributed by atoms with Gasteiger partial charge in [-0.25, -0.2) is 9.59 Å². The maximum absolute atomic E-state index is 12.4. The van der Waals surface area contributed by atoms with Gasteiger partial charge in [-0.2, -0.15) is 0 Å². The van der Waals surface area contributed by atoms with Crippen molar-refractivity contribution < 1.29 is 14.3 Å². The van der Waals surface area contributed by atoms with Crippen LogP contribution in [0.4, 0.5) is 5.82 Å². The molecule has 0 amide bonds. The van der Waals surface area contributed by atoms with Crippen molar-refractivity contribution >= 4 is 17.6 Å². The summed E-state index contributed by atoms with van der Waals surface area (Å²) in [4.78, 5) is 48.6. The summed E-state index contributed by atoms with van der Waals surface area (Å²) in [6.07, 6.45) is 0.596. The number of carbonyl (C=O) groups excluding carboxylic acids is 2. The molecule has 1 aromatic carbocycles. The Morgan fingerprint density at radius 2 is 1.80 bits per heavy atom. The molecule has 1 heterocycles. The lowest BCUT2D eigenvalue weighted by Gasteiger charge is -2.13. The minimum atomic E-state index is -0.810. The van der Waals surface area contributed by atoms with Gasteiger partial charge in [0.1, 0.15) is 11.4 Å². The highest BCUT2D eigenvalue weighted by Crippen LogP contribution is 2.08. The minimum absolute atomic E-state index is 0.212. The highest BCUT2D eigenvalue weighted by Gasteiger charge is 2.22. The Kier molecular flexibility index (Phi) is 5.53. The van der Waals surface area contributed by atoms with Crippen molar-refractivity contribution in [2.24, 2.45) is 7.05 Å². The molecule has 25 heavy (non-hydrogen) atoms. The van der Waals surface area contributed by atoms with Crippen LogP contribution in [0.2, 0.25) is 0 Å². The van der Waals surface area contributed by atoms with E-state index >= 15 is 0 Å². The molecule has 2 N–H and O–H groups in total. The highest BCUT2D eigenvalue weighted by atomic mass is 16.5. The molecule has 0 atom stereocenters.